The van der Waals surface area contributed by atoms with Crippen LogP contribution in [0.25, 0.3) is 0 Å². The SMILES string of the molecule is CC.CC.CC.CC.CC(=O)OC(C)=O. The summed E-state index contributed by atoms with van der Waals surface area (Å²) >= 11 is 0. The molecule has 3 nitrogen and oxygen atoms in total. The summed E-state index contributed by atoms with van der Waals surface area (Å²) in [7, 11) is 0. The van der Waals surface area contributed by atoms with Gasteiger partial charge in [0.15, 0.2) is 0 Å². The third-order valence-corrected chi connectivity index (χ3v) is 0.287. The number of hydrogen-bond donors (Lipinski definition) is 0. The van der Waals surface area contributed by atoms with E-state index in [2.05, 4.69) is 4.74 Å². The molecule has 3 heteroatoms. The topological polar surface area (TPSA) is 43.4 Å². The molecule has 0 amide bonds. The minimum absolute atomic E-state index is 0.562. The summed E-state index contributed by atoms with van der Waals surface area (Å²) in [6, 6.07) is 0. The molecule has 0 unspecified atom stereocenters. The highest BCUT2D eigenvalue weighted by Gasteiger charge is 1.93. The Morgan fingerprint density at radius 3 is 0.733 bits per heavy atom. The Kier molecular flexibility index (Phi) is 100. The molecule has 0 rings (SSSR count). The fourth-order valence-corrected chi connectivity index (χ4v) is 0.202. The van der Waals surface area contributed by atoms with Crippen LogP contribution >= 0.6 is 0 Å². The van der Waals surface area contributed by atoms with E-state index in [4.69, 9.17) is 0 Å². The summed E-state index contributed by atoms with van der Waals surface area (Å²) in [5, 5.41) is 0. The van der Waals surface area contributed by atoms with Gasteiger partial charge in [-0.15, -0.1) is 0 Å². The normalized spacial score (nSPS) is 5.20. The lowest BCUT2D eigenvalue weighted by molar-refractivity contribution is -0.156. The Labute approximate surface area is 96.2 Å². The lowest BCUT2D eigenvalue weighted by Crippen LogP contribution is -2.03. The maximum Gasteiger partial charge on any atom is 0.310 e. The molecule has 15 heavy (non-hydrogen) atoms. The molecule has 0 aromatic carbocycles. The molecule has 96 valence electrons. The summed E-state index contributed by atoms with van der Waals surface area (Å²) in [5.41, 5.74) is 0. The van der Waals surface area contributed by atoms with Crippen molar-refractivity contribution in [1.82, 2.24) is 0 Å². The molecule has 0 saturated heterocycles. The van der Waals surface area contributed by atoms with Crippen molar-refractivity contribution in [2.75, 3.05) is 0 Å². The first-order chi connectivity index (χ1) is 7.13. The van der Waals surface area contributed by atoms with Crippen LogP contribution in [0.4, 0.5) is 0 Å². The van der Waals surface area contributed by atoms with Gasteiger partial charge in [0.2, 0.25) is 0 Å². The van der Waals surface area contributed by atoms with Gasteiger partial charge in [0, 0.05) is 13.8 Å². The Morgan fingerprint density at radius 2 is 0.733 bits per heavy atom. The maximum absolute atomic E-state index is 9.81. The molecule has 0 aromatic rings. The number of carbonyl (C=O) groups is 2. The quantitative estimate of drug-likeness (QED) is 0.455. The highest BCUT2D eigenvalue weighted by Crippen LogP contribution is 1.73. The smallest absolute Gasteiger partial charge is 0.310 e. The fourth-order valence-electron chi connectivity index (χ4n) is 0.202. The average Bonchev–Trinajstić information content (AvgIpc) is 2.27. The molecule has 0 N–H and O–H groups in total. The standard InChI is InChI=1S/C4H6O3.4C2H6/c1-3(5)7-4(2)6;4*1-2/h1-2H3;4*1-2H3. The maximum atomic E-state index is 9.81. The van der Waals surface area contributed by atoms with E-state index in [9.17, 15) is 9.59 Å². The van der Waals surface area contributed by atoms with Gasteiger partial charge < -0.3 is 4.74 Å². The van der Waals surface area contributed by atoms with E-state index in [1.165, 1.54) is 13.8 Å². The second-order valence-electron chi connectivity index (χ2n) is 1.09. The largest absolute Gasteiger partial charge is 0.394 e. The molecule has 0 aliphatic rings. The van der Waals surface area contributed by atoms with E-state index in [0.29, 0.717) is 0 Å². The van der Waals surface area contributed by atoms with Gasteiger partial charge in [-0.3, -0.25) is 9.59 Å². The molecule has 0 radical (unpaired) electrons. The number of carbonyl (C=O) groups excluding carboxylic acids is 2. The zero-order valence-electron chi connectivity index (χ0n) is 12.2. The predicted octanol–water partition coefficient (Wildman–Crippen LogP) is 4.20. The Balaban J connectivity index is -0.0000000353. The fraction of sp³-hybridized carbons (Fsp3) is 0.833. The van der Waals surface area contributed by atoms with Crippen LogP contribution in [0.5, 0.6) is 0 Å². The lowest BCUT2D eigenvalue weighted by atomic mass is 10.7. The van der Waals surface area contributed by atoms with Crippen LogP contribution in [-0.4, -0.2) is 11.9 Å². The molecule has 0 fully saturated rings. The molecular formula is C12H30O3. The molecule has 0 aliphatic heterocycles. The number of rotatable bonds is 0. The van der Waals surface area contributed by atoms with Crippen LogP contribution in [0.1, 0.15) is 69.2 Å². The van der Waals surface area contributed by atoms with E-state index in [1.54, 1.807) is 0 Å². The third-order valence-electron chi connectivity index (χ3n) is 0.287. The number of esters is 2. The van der Waals surface area contributed by atoms with Gasteiger partial charge in [-0.2, -0.15) is 0 Å². The molecule has 0 aliphatic carbocycles. The second kappa shape index (κ2) is 51.4. The molecule has 0 saturated carbocycles. The minimum atomic E-state index is -0.562. The van der Waals surface area contributed by atoms with E-state index < -0.39 is 11.9 Å². The Hall–Kier alpha value is -0.860. The van der Waals surface area contributed by atoms with Crippen molar-refractivity contribution < 1.29 is 14.3 Å². The zero-order valence-corrected chi connectivity index (χ0v) is 12.2. The Bertz CT molecular complexity index is 87.0. The molecular weight excluding hydrogens is 192 g/mol. The number of hydrogen-bond acceptors (Lipinski definition) is 3. The van der Waals surface area contributed by atoms with Gasteiger partial charge in [-0.25, -0.2) is 0 Å². The van der Waals surface area contributed by atoms with Crippen molar-refractivity contribution in [2.45, 2.75) is 69.2 Å². The van der Waals surface area contributed by atoms with Crippen molar-refractivity contribution in [3.05, 3.63) is 0 Å². The van der Waals surface area contributed by atoms with Gasteiger partial charge in [-0.1, -0.05) is 55.4 Å². The summed E-state index contributed by atoms with van der Waals surface area (Å²) < 4.78 is 3.97. The third kappa shape index (κ3) is 165. The van der Waals surface area contributed by atoms with Crippen molar-refractivity contribution in [2.24, 2.45) is 0 Å². The molecule has 0 atom stereocenters. The molecule has 0 spiro atoms. The first-order valence-corrected chi connectivity index (χ1v) is 5.82. The van der Waals surface area contributed by atoms with Crippen LogP contribution in [0.3, 0.4) is 0 Å². The lowest BCUT2D eigenvalue weighted by Gasteiger charge is -1.87. The summed E-state index contributed by atoms with van der Waals surface area (Å²) in [4.78, 5) is 19.6. The predicted molar refractivity (Wildman–Crippen MR) is 67.8 cm³/mol. The van der Waals surface area contributed by atoms with Gasteiger partial charge in [0.25, 0.3) is 0 Å². The van der Waals surface area contributed by atoms with Crippen molar-refractivity contribution >= 4 is 11.9 Å². The van der Waals surface area contributed by atoms with E-state index in [-0.39, 0.29) is 0 Å². The zero-order chi connectivity index (χ0) is 13.9. The van der Waals surface area contributed by atoms with Crippen molar-refractivity contribution in [3.8, 4) is 0 Å². The van der Waals surface area contributed by atoms with Crippen LogP contribution in [-0.2, 0) is 14.3 Å². The first-order valence-electron chi connectivity index (χ1n) is 5.82. The minimum Gasteiger partial charge on any atom is -0.394 e. The van der Waals surface area contributed by atoms with E-state index in [0.717, 1.165) is 0 Å². The van der Waals surface area contributed by atoms with Gasteiger partial charge >= 0.3 is 11.9 Å². The number of ether oxygens (including phenoxy) is 1. The molecule has 0 bridgehead atoms. The monoisotopic (exact) mass is 222 g/mol. The summed E-state index contributed by atoms with van der Waals surface area (Å²) in [6.07, 6.45) is 0. The Morgan fingerprint density at radius 1 is 0.600 bits per heavy atom. The highest BCUT2D eigenvalue weighted by molar-refractivity contribution is 5.82. The van der Waals surface area contributed by atoms with Gasteiger partial charge in [0.1, 0.15) is 0 Å². The molecule has 0 heterocycles. The second-order valence-corrected chi connectivity index (χ2v) is 1.09. The van der Waals surface area contributed by atoms with Crippen molar-refractivity contribution in [3.63, 3.8) is 0 Å². The first kappa shape index (κ1) is 29.2. The highest BCUT2D eigenvalue weighted by atomic mass is 16.6. The van der Waals surface area contributed by atoms with Crippen LogP contribution in [0.2, 0.25) is 0 Å². The summed E-state index contributed by atoms with van der Waals surface area (Å²) in [6.45, 7) is 18.4. The van der Waals surface area contributed by atoms with Crippen LogP contribution in [0.15, 0.2) is 0 Å². The summed E-state index contributed by atoms with van der Waals surface area (Å²) in [5.74, 6) is -1.12. The molecule has 0 aromatic heterocycles. The van der Waals surface area contributed by atoms with E-state index in [1.807, 2.05) is 55.4 Å². The van der Waals surface area contributed by atoms with E-state index >= 15 is 0 Å². The van der Waals surface area contributed by atoms with Crippen LogP contribution in [0, 0.1) is 0 Å². The van der Waals surface area contributed by atoms with Gasteiger partial charge in [0.05, 0.1) is 0 Å². The van der Waals surface area contributed by atoms with Crippen LogP contribution < -0.4 is 0 Å². The van der Waals surface area contributed by atoms with Crippen molar-refractivity contribution in [1.29, 1.82) is 0 Å². The van der Waals surface area contributed by atoms with Gasteiger partial charge in [-0.05, 0) is 0 Å². The average molecular weight is 222 g/mol.